The number of hydrogen-bond acceptors (Lipinski definition) is 5. The first-order chi connectivity index (χ1) is 13.0. The summed E-state index contributed by atoms with van der Waals surface area (Å²) >= 11 is 0. The quantitative estimate of drug-likeness (QED) is 0.321. The van der Waals surface area contributed by atoms with Gasteiger partial charge in [-0.2, -0.15) is 0 Å². The number of allylic oxidation sites excluding steroid dienone is 2. The van der Waals surface area contributed by atoms with E-state index in [2.05, 4.69) is 6.92 Å². The highest BCUT2D eigenvalue weighted by molar-refractivity contribution is 6.01. The SMILES string of the molecule is CCC1(OC(C)OC(=O)C2CC3C(=O)C2C2C4C=CC(C4=O)C32)CCCC1. The van der Waals surface area contributed by atoms with Crippen molar-refractivity contribution >= 4 is 17.5 Å². The molecule has 4 bridgehead atoms. The Kier molecular flexibility index (Phi) is 3.91. The van der Waals surface area contributed by atoms with Crippen molar-refractivity contribution in [1.29, 1.82) is 0 Å². The van der Waals surface area contributed by atoms with Gasteiger partial charge < -0.3 is 9.47 Å². The molecule has 0 spiro atoms. The van der Waals surface area contributed by atoms with E-state index in [1.54, 1.807) is 6.92 Å². The molecule has 0 aromatic rings. The van der Waals surface area contributed by atoms with Crippen molar-refractivity contribution in [3.63, 3.8) is 0 Å². The Labute approximate surface area is 159 Å². The number of ketones is 2. The molecule has 8 unspecified atom stereocenters. The number of fused-ring (bicyclic) bond motifs is 9. The van der Waals surface area contributed by atoms with Gasteiger partial charge >= 0.3 is 5.97 Å². The van der Waals surface area contributed by atoms with E-state index in [1.807, 2.05) is 12.2 Å². The second kappa shape index (κ2) is 6.00. The maximum absolute atomic E-state index is 12.9. The van der Waals surface area contributed by atoms with Crippen LogP contribution in [-0.4, -0.2) is 29.4 Å². The highest BCUT2D eigenvalue weighted by Gasteiger charge is 2.69. The van der Waals surface area contributed by atoms with E-state index in [4.69, 9.17) is 9.47 Å². The third-order valence-electron chi connectivity index (χ3n) is 8.13. The van der Waals surface area contributed by atoms with Crippen molar-refractivity contribution in [2.45, 2.75) is 64.3 Å². The number of carbonyl (C=O) groups excluding carboxylic acids is 3. The summed E-state index contributed by atoms with van der Waals surface area (Å²) in [5, 5.41) is 0. The molecule has 5 rings (SSSR count). The third kappa shape index (κ3) is 2.36. The standard InChI is InChI=1S/C22H28O5/c1-3-22(8-4-5-9-22)27-11(2)26-21(25)15-10-14-16-12-6-7-13(19(12)23)17(16)18(15)20(14)24/h6-7,11-18H,3-5,8-10H2,1-2H3. The summed E-state index contributed by atoms with van der Waals surface area (Å²) in [4.78, 5) is 38.1. The average Bonchev–Trinajstić information content (AvgIpc) is 3.43. The molecular weight excluding hydrogens is 344 g/mol. The van der Waals surface area contributed by atoms with Gasteiger partial charge in [-0.1, -0.05) is 31.9 Å². The second-order valence-electron chi connectivity index (χ2n) is 9.24. The Morgan fingerprint density at radius 3 is 2.48 bits per heavy atom. The largest absolute Gasteiger partial charge is 0.436 e. The van der Waals surface area contributed by atoms with Crippen molar-refractivity contribution < 1.29 is 23.9 Å². The molecule has 0 N–H and O–H groups in total. The van der Waals surface area contributed by atoms with Gasteiger partial charge in [0.2, 0.25) is 6.29 Å². The van der Waals surface area contributed by atoms with Crippen molar-refractivity contribution in [2.75, 3.05) is 0 Å². The normalized spacial score (nSPS) is 44.1. The molecule has 27 heavy (non-hydrogen) atoms. The monoisotopic (exact) mass is 372 g/mol. The van der Waals surface area contributed by atoms with Gasteiger partial charge in [0.25, 0.3) is 0 Å². The molecule has 0 heterocycles. The number of hydrogen-bond donors (Lipinski definition) is 0. The van der Waals surface area contributed by atoms with Gasteiger partial charge in [0, 0.05) is 23.7 Å². The lowest BCUT2D eigenvalue weighted by Crippen LogP contribution is -2.39. The Bertz CT molecular complexity index is 718. The van der Waals surface area contributed by atoms with Crippen LogP contribution in [0.25, 0.3) is 0 Å². The van der Waals surface area contributed by atoms with E-state index in [-0.39, 0.29) is 58.6 Å². The minimum absolute atomic E-state index is 0.0179. The summed E-state index contributed by atoms with van der Waals surface area (Å²) in [7, 11) is 0. The van der Waals surface area contributed by atoms with Crippen LogP contribution >= 0.6 is 0 Å². The van der Waals surface area contributed by atoms with Crippen LogP contribution < -0.4 is 0 Å². The number of esters is 1. The number of ether oxygens (including phenoxy) is 2. The smallest absolute Gasteiger partial charge is 0.311 e. The molecule has 0 aromatic heterocycles. The van der Waals surface area contributed by atoms with Gasteiger partial charge in [-0.05, 0) is 44.4 Å². The third-order valence-corrected chi connectivity index (χ3v) is 8.13. The van der Waals surface area contributed by atoms with E-state index < -0.39 is 12.2 Å². The predicted molar refractivity (Wildman–Crippen MR) is 96.3 cm³/mol. The van der Waals surface area contributed by atoms with Crippen molar-refractivity contribution in [3.05, 3.63) is 12.2 Å². The number of rotatable bonds is 5. The number of Topliss-reactive ketones (excluding diaryl/α,β-unsaturated/α-hetero) is 2. The fourth-order valence-corrected chi connectivity index (χ4v) is 6.98. The maximum atomic E-state index is 12.9. The topological polar surface area (TPSA) is 69.7 Å². The average molecular weight is 372 g/mol. The molecule has 0 radical (unpaired) electrons. The summed E-state index contributed by atoms with van der Waals surface area (Å²) in [5.74, 6) is -0.868. The second-order valence-corrected chi connectivity index (χ2v) is 9.24. The molecule has 4 fully saturated rings. The van der Waals surface area contributed by atoms with Gasteiger partial charge in [0.05, 0.1) is 11.5 Å². The molecule has 0 aliphatic heterocycles. The lowest BCUT2D eigenvalue weighted by atomic mass is 9.69. The van der Waals surface area contributed by atoms with Gasteiger partial charge in [-0.3, -0.25) is 14.4 Å². The lowest BCUT2D eigenvalue weighted by molar-refractivity contribution is -0.212. The van der Waals surface area contributed by atoms with Crippen LogP contribution in [0.4, 0.5) is 0 Å². The van der Waals surface area contributed by atoms with Crippen molar-refractivity contribution in [2.24, 2.45) is 41.4 Å². The summed E-state index contributed by atoms with van der Waals surface area (Å²) in [6.07, 6.45) is 9.15. The van der Waals surface area contributed by atoms with E-state index in [0.717, 1.165) is 32.1 Å². The molecule has 5 nitrogen and oxygen atoms in total. The molecular formula is C22H28O5. The molecule has 8 atom stereocenters. The van der Waals surface area contributed by atoms with E-state index in [9.17, 15) is 14.4 Å². The summed E-state index contributed by atoms with van der Waals surface area (Å²) < 4.78 is 11.8. The van der Waals surface area contributed by atoms with Crippen LogP contribution in [0.5, 0.6) is 0 Å². The zero-order chi connectivity index (χ0) is 18.9. The number of carbonyl (C=O) groups is 3. The van der Waals surface area contributed by atoms with Gasteiger partial charge in [0.1, 0.15) is 11.6 Å². The van der Waals surface area contributed by atoms with Crippen molar-refractivity contribution in [3.8, 4) is 0 Å². The van der Waals surface area contributed by atoms with Crippen LogP contribution in [-0.2, 0) is 23.9 Å². The minimum atomic E-state index is -0.595. The van der Waals surface area contributed by atoms with Crippen LogP contribution in [0.2, 0.25) is 0 Å². The Hall–Kier alpha value is -1.49. The molecule has 0 aromatic carbocycles. The van der Waals surface area contributed by atoms with E-state index in [1.165, 1.54) is 0 Å². The Morgan fingerprint density at radius 2 is 1.81 bits per heavy atom. The Balaban J connectivity index is 1.28. The van der Waals surface area contributed by atoms with Gasteiger partial charge in [-0.15, -0.1) is 0 Å². The minimum Gasteiger partial charge on any atom is -0.436 e. The first-order valence-corrected chi connectivity index (χ1v) is 10.6. The molecule has 0 amide bonds. The maximum Gasteiger partial charge on any atom is 0.311 e. The summed E-state index contributed by atoms with van der Waals surface area (Å²) in [6.45, 7) is 3.91. The highest BCUT2D eigenvalue weighted by atomic mass is 16.7. The van der Waals surface area contributed by atoms with Gasteiger partial charge in [-0.25, -0.2) is 0 Å². The lowest BCUT2D eigenvalue weighted by Gasteiger charge is -2.35. The van der Waals surface area contributed by atoms with Crippen LogP contribution in [0, 0.1) is 41.4 Å². The zero-order valence-corrected chi connectivity index (χ0v) is 16.1. The predicted octanol–water partition coefficient (Wildman–Crippen LogP) is 3.07. The first-order valence-electron chi connectivity index (χ1n) is 10.6. The summed E-state index contributed by atoms with van der Waals surface area (Å²) in [5.41, 5.74) is -0.170. The Morgan fingerprint density at radius 1 is 1.15 bits per heavy atom. The summed E-state index contributed by atoms with van der Waals surface area (Å²) in [6, 6.07) is 0. The molecule has 146 valence electrons. The van der Waals surface area contributed by atoms with Gasteiger partial charge in [0.15, 0.2) is 0 Å². The molecule has 5 aliphatic carbocycles. The molecule has 5 aliphatic rings. The fourth-order valence-electron chi connectivity index (χ4n) is 6.98. The molecule has 5 heteroatoms. The molecule has 4 saturated carbocycles. The molecule has 0 saturated heterocycles. The van der Waals surface area contributed by atoms with E-state index in [0.29, 0.717) is 6.42 Å². The zero-order valence-electron chi connectivity index (χ0n) is 16.1. The van der Waals surface area contributed by atoms with Crippen LogP contribution in [0.1, 0.15) is 52.4 Å². The van der Waals surface area contributed by atoms with Crippen LogP contribution in [0.3, 0.4) is 0 Å². The fraction of sp³-hybridized carbons (Fsp3) is 0.773. The first kappa shape index (κ1) is 17.6. The van der Waals surface area contributed by atoms with E-state index >= 15 is 0 Å². The van der Waals surface area contributed by atoms with Crippen LogP contribution in [0.15, 0.2) is 12.2 Å². The van der Waals surface area contributed by atoms with Crippen molar-refractivity contribution in [1.82, 2.24) is 0 Å². The highest BCUT2D eigenvalue weighted by Crippen LogP contribution is 2.64.